The van der Waals surface area contributed by atoms with Crippen LogP contribution in [0.25, 0.3) is 6.08 Å². The quantitative estimate of drug-likeness (QED) is 0.617. The standard InChI is InChI=1S/C13H9F2NOS2/c14-8-2-1-7(10(15)6-8)5-11-12(17)16(9-3-4-9)13(18)19-11/h1-2,5-6,9H,3-4H2. The number of thiocarbonyl (C=S) groups is 1. The van der Waals surface area contributed by atoms with Crippen molar-refractivity contribution in [3.05, 3.63) is 40.3 Å². The van der Waals surface area contributed by atoms with Gasteiger partial charge < -0.3 is 0 Å². The van der Waals surface area contributed by atoms with Gasteiger partial charge in [0.2, 0.25) is 0 Å². The number of hydrogen-bond acceptors (Lipinski definition) is 3. The lowest BCUT2D eigenvalue weighted by Gasteiger charge is -2.11. The third-order valence-electron chi connectivity index (χ3n) is 2.98. The Morgan fingerprint density at radius 1 is 1.37 bits per heavy atom. The Balaban J connectivity index is 1.91. The van der Waals surface area contributed by atoms with Gasteiger partial charge >= 0.3 is 0 Å². The van der Waals surface area contributed by atoms with E-state index in [2.05, 4.69) is 0 Å². The number of rotatable bonds is 2. The molecule has 3 rings (SSSR count). The molecule has 1 heterocycles. The molecule has 0 radical (unpaired) electrons. The van der Waals surface area contributed by atoms with E-state index in [1.54, 1.807) is 4.90 Å². The molecule has 2 nitrogen and oxygen atoms in total. The molecule has 2 aliphatic rings. The summed E-state index contributed by atoms with van der Waals surface area (Å²) in [7, 11) is 0. The minimum Gasteiger partial charge on any atom is -0.290 e. The van der Waals surface area contributed by atoms with Crippen molar-refractivity contribution in [1.82, 2.24) is 4.90 Å². The second kappa shape index (κ2) is 4.68. The number of nitrogens with zero attached hydrogens (tertiary/aromatic N) is 1. The lowest BCUT2D eigenvalue weighted by Crippen LogP contribution is -2.30. The van der Waals surface area contributed by atoms with Gasteiger partial charge in [0.25, 0.3) is 5.91 Å². The highest BCUT2D eigenvalue weighted by Gasteiger charge is 2.41. The number of carbonyl (C=O) groups is 1. The molecular weight excluding hydrogens is 288 g/mol. The molecule has 1 amide bonds. The van der Waals surface area contributed by atoms with Crippen LogP contribution in [0.1, 0.15) is 18.4 Å². The zero-order valence-electron chi connectivity index (χ0n) is 9.73. The molecule has 0 unspecified atom stereocenters. The average Bonchev–Trinajstić information content (AvgIpc) is 3.12. The fourth-order valence-electron chi connectivity index (χ4n) is 1.89. The van der Waals surface area contributed by atoms with E-state index in [-0.39, 0.29) is 17.5 Å². The average molecular weight is 297 g/mol. The fourth-order valence-corrected chi connectivity index (χ4v) is 3.28. The van der Waals surface area contributed by atoms with Gasteiger partial charge in [-0.2, -0.15) is 0 Å². The van der Waals surface area contributed by atoms with Crippen LogP contribution in [0, 0.1) is 11.6 Å². The summed E-state index contributed by atoms with van der Waals surface area (Å²) < 4.78 is 26.9. The van der Waals surface area contributed by atoms with Crippen LogP contribution >= 0.6 is 24.0 Å². The maximum absolute atomic E-state index is 13.5. The fraction of sp³-hybridized carbons (Fsp3) is 0.231. The zero-order chi connectivity index (χ0) is 13.6. The molecular formula is C13H9F2NOS2. The van der Waals surface area contributed by atoms with E-state index in [1.807, 2.05) is 0 Å². The number of halogens is 2. The van der Waals surface area contributed by atoms with Gasteiger partial charge in [0.1, 0.15) is 16.0 Å². The molecule has 2 fully saturated rings. The van der Waals surface area contributed by atoms with Gasteiger partial charge in [-0.1, -0.05) is 24.0 Å². The Morgan fingerprint density at radius 3 is 2.74 bits per heavy atom. The Hall–Kier alpha value is -1.27. The minimum absolute atomic E-state index is 0.179. The molecule has 0 bridgehead atoms. The molecule has 1 aromatic carbocycles. The molecule has 0 N–H and O–H groups in total. The largest absolute Gasteiger partial charge is 0.290 e. The first-order chi connectivity index (χ1) is 9.06. The molecule has 0 spiro atoms. The summed E-state index contributed by atoms with van der Waals surface area (Å²) in [4.78, 5) is 14.1. The molecule has 1 aliphatic heterocycles. The highest BCUT2D eigenvalue weighted by Crippen LogP contribution is 2.40. The van der Waals surface area contributed by atoms with E-state index in [1.165, 1.54) is 23.9 Å². The third kappa shape index (κ3) is 2.42. The summed E-state index contributed by atoms with van der Waals surface area (Å²) in [6, 6.07) is 3.48. The monoisotopic (exact) mass is 297 g/mol. The Bertz CT molecular complexity index is 611. The van der Waals surface area contributed by atoms with E-state index in [9.17, 15) is 13.6 Å². The van der Waals surface area contributed by atoms with E-state index < -0.39 is 11.6 Å². The van der Waals surface area contributed by atoms with Gasteiger partial charge in [-0.3, -0.25) is 9.69 Å². The predicted octanol–water partition coefficient (Wildman–Crippen LogP) is 3.33. The maximum Gasteiger partial charge on any atom is 0.266 e. The Labute approximate surface area is 118 Å². The second-order valence-electron chi connectivity index (χ2n) is 4.45. The Morgan fingerprint density at radius 2 is 2.11 bits per heavy atom. The smallest absolute Gasteiger partial charge is 0.266 e. The molecule has 6 heteroatoms. The summed E-state index contributed by atoms with van der Waals surface area (Å²) in [5.41, 5.74) is 0.192. The number of hydrogen-bond donors (Lipinski definition) is 0. The number of thioether (sulfide) groups is 1. The molecule has 1 aromatic rings. The first-order valence-electron chi connectivity index (χ1n) is 5.78. The van der Waals surface area contributed by atoms with Crippen molar-refractivity contribution in [2.75, 3.05) is 0 Å². The lowest BCUT2D eigenvalue weighted by molar-refractivity contribution is -0.122. The molecule has 19 heavy (non-hydrogen) atoms. The molecule has 1 aliphatic carbocycles. The molecule has 98 valence electrons. The van der Waals surface area contributed by atoms with Gasteiger partial charge in [-0.05, 0) is 31.1 Å². The third-order valence-corrected chi connectivity index (χ3v) is 4.32. The molecule has 1 saturated carbocycles. The summed E-state index contributed by atoms with van der Waals surface area (Å²) in [5.74, 6) is -1.50. The topological polar surface area (TPSA) is 20.3 Å². The first-order valence-corrected chi connectivity index (χ1v) is 7.01. The summed E-state index contributed by atoms with van der Waals surface area (Å²) in [6.07, 6.45) is 3.35. The van der Waals surface area contributed by atoms with Crippen molar-refractivity contribution in [1.29, 1.82) is 0 Å². The van der Waals surface area contributed by atoms with Crippen molar-refractivity contribution in [3.63, 3.8) is 0 Å². The van der Waals surface area contributed by atoms with Crippen LogP contribution in [0.4, 0.5) is 8.78 Å². The van der Waals surface area contributed by atoms with Crippen LogP contribution in [0.5, 0.6) is 0 Å². The van der Waals surface area contributed by atoms with Crippen LogP contribution in [-0.2, 0) is 4.79 Å². The second-order valence-corrected chi connectivity index (χ2v) is 6.12. The van der Waals surface area contributed by atoms with Crippen LogP contribution in [0.15, 0.2) is 23.1 Å². The normalized spacial score (nSPS) is 21.6. The number of amides is 1. The van der Waals surface area contributed by atoms with Crippen molar-refractivity contribution in [2.45, 2.75) is 18.9 Å². The Kier molecular flexibility index (Phi) is 3.14. The van der Waals surface area contributed by atoms with Crippen molar-refractivity contribution >= 4 is 40.3 Å². The van der Waals surface area contributed by atoms with Gasteiger partial charge in [-0.25, -0.2) is 8.78 Å². The van der Waals surface area contributed by atoms with Gasteiger partial charge in [0.15, 0.2) is 0 Å². The SMILES string of the molecule is O=C1C(=Cc2ccc(F)cc2F)SC(=S)N1C1CC1. The zero-order valence-corrected chi connectivity index (χ0v) is 11.4. The predicted molar refractivity (Wildman–Crippen MR) is 74.4 cm³/mol. The van der Waals surface area contributed by atoms with Crippen molar-refractivity contribution in [2.24, 2.45) is 0 Å². The summed E-state index contributed by atoms with van der Waals surface area (Å²) in [6.45, 7) is 0. The van der Waals surface area contributed by atoms with Crippen molar-refractivity contribution in [3.8, 4) is 0 Å². The lowest BCUT2D eigenvalue weighted by atomic mass is 10.2. The van der Waals surface area contributed by atoms with E-state index in [4.69, 9.17) is 12.2 Å². The van der Waals surface area contributed by atoms with Gasteiger partial charge in [0, 0.05) is 17.7 Å². The highest BCUT2D eigenvalue weighted by atomic mass is 32.2. The van der Waals surface area contributed by atoms with E-state index in [0.29, 0.717) is 9.23 Å². The molecule has 0 atom stereocenters. The van der Waals surface area contributed by atoms with Crippen LogP contribution in [0.3, 0.4) is 0 Å². The number of carbonyl (C=O) groups excluding carboxylic acids is 1. The van der Waals surface area contributed by atoms with E-state index >= 15 is 0 Å². The molecule has 1 saturated heterocycles. The summed E-state index contributed by atoms with van der Waals surface area (Å²) in [5, 5.41) is 0. The molecule has 0 aromatic heterocycles. The highest BCUT2D eigenvalue weighted by molar-refractivity contribution is 8.26. The van der Waals surface area contributed by atoms with E-state index in [0.717, 1.165) is 25.0 Å². The van der Waals surface area contributed by atoms with Crippen molar-refractivity contribution < 1.29 is 13.6 Å². The first kappa shape index (κ1) is 12.7. The van der Waals surface area contributed by atoms with Crippen LogP contribution < -0.4 is 0 Å². The minimum atomic E-state index is -0.684. The summed E-state index contributed by atoms with van der Waals surface area (Å²) >= 11 is 6.32. The maximum atomic E-state index is 13.5. The van der Waals surface area contributed by atoms with Crippen LogP contribution in [-0.4, -0.2) is 21.2 Å². The number of benzene rings is 1. The van der Waals surface area contributed by atoms with Gasteiger partial charge in [0.05, 0.1) is 4.91 Å². The van der Waals surface area contributed by atoms with Gasteiger partial charge in [-0.15, -0.1) is 0 Å². The van der Waals surface area contributed by atoms with Crippen LogP contribution in [0.2, 0.25) is 0 Å².